The van der Waals surface area contributed by atoms with E-state index in [0.29, 0.717) is 0 Å². The molecule has 20 heavy (non-hydrogen) atoms. The highest BCUT2D eigenvalue weighted by atomic mass is 19.4. The molecule has 1 aromatic rings. The van der Waals surface area contributed by atoms with Crippen LogP contribution in [0.25, 0.3) is 0 Å². The van der Waals surface area contributed by atoms with Gasteiger partial charge in [0.05, 0.1) is 23.3 Å². The fourth-order valence-corrected chi connectivity index (χ4v) is 1.45. The monoisotopic (exact) mass is 287 g/mol. The van der Waals surface area contributed by atoms with Crippen molar-refractivity contribution in [2.45, 2.75) is 13.3 Å². The lowest BCUT2D eigenvalue weighted by Gasteiger charge is -2.13. The number of rotatable bonds is 4. The van der Waals surface area contributed by atoms with Gasteiger partial charge in [-0.2, -0.15) is 5.26 Å². The molecule has 0 aromatic heterocycles. The smallest absolute Gasteiger partial charge is 0.462 e. The standard InChI is InChI=1S/C12H8F3NO4/c1-2-19-11(18)10-7(5-16)3-4-9(8(10)6-17)20-12(13,14)15/h3-4,6H,2H2,1H3. The molecule has 0 N–H and O–H groups in total. The molecule has 0 aliphatic carbocycles. The quantitative estimate of drug-likeness (QED) is 0.628. The lowest BCUT2D eigenvalue weighted by molar-refractivity contribution is -0.274. The van der Waals surface area contributed by atoms with Crippen LogP contribution in [-0.2, 0) is 4.74 Å². The SMILES string of the molecule is CCOC(=O)c1c(C#N)ccc(OC(F)(F)F)c1C=O. The average Bonchev–Trinajstić information content (AvgIpc) is 2.36. The van der Waals surface area contributed by atoms with Crippen LogP contribution >= 0.6 is 0 Å². The summed E-state index contributed by atoms with van der Waals surface area (Å²) in [5.74, 6) is -1.94. The van der Waals surface area contributed by atoms with Gasteiger partial charge in [-0.1, -0.05) is 0 Å². The first-order valence-corrected chi connectivity index (χ1v) is 5.29. The second-order valence-corrected chi connectivity index (χ2v) is 3.40. The van der Waals surface area contributed by atoms with E-state index in [0.717, 1.165) is 12.1 Å². The third-order valence-electron chi connectivity index (χ3n) is 2.15. The minimum atomic E-state index is -5.03. The van der Waals surface area contributed by atoms with E-state index in [-0.39, 0.29) is 18.5 Å². The number of esters is 1. The lowest BCUT2D eigenvalue weighted by atomic mass is 10.0. The van der Waals surface area contributed by atoms with E-state index in [9.17, 15) is 22.8 Å². The van der Waals surface area contributed by atoms with Gasteiger partial charge in [0.25, 0.3) is 0 Å². The molecule has 0 saturated carbocycles. The number of nitriles is 1. The molecular weight excluding hydrogens is 279 g/mol. The minimum Gasteiger partial charge on any atom is -0.462 e. The summed E-state index contributed by atoms with van der Waals surface area (Å²) >= 11 is 0. The van der Waals surface area contributed by atoms with Crippen molar-refractivity contribution in [3.8, 4) is 11.8 Å². The molecular formula is C12H8F3NO4. The number of hydrogen-bond acceptors (Lipinski definition) is 5. The van der Waals surface area contributed by atoms with E-state index < -0.39 is 29.2 Å². The first-order valence-electron chi connectivity index (χ1n) is 5.29. The molecule has 1 rings (SSSR count). The molecule has 0 heterocycles. The van der Waals surface area contributed by atoms with Crippen molar-refractivity contribution in [2.24, 2.45) is 0 Å². The highest BCUT2D eigenvalue weighted by molar-refractivity contribution is 6.02. The maximum Gasteiger partial charge on any atom is 0.573 e. The van der Waals surface area contributed by atoms with E-state index in [1.54, 1.807) is 6.07 Å². The van der Waals surface area contributed by atoms with Crippen LogP contribution in [0.3, 0.4) is 0 Å². The van der Waals surface area contributed by atoms with Gasteiger partial charge < -0.3 is 9.47 Å². The zero-order valence-corrected chi connectivity index (χ0v) is 10.2. The minimum absolute atomic E-state index is 0.00810. The number of benzene rings is 1. The molecule has 0 saturated heterocycles. The van der Waals surface area contributed by atoms with Crippen LogP contribution in [0, 0.1) is 11.3 Å². The molecule has 0 fully saturated rings. The first-order chi connectivity index (χ1) is 9.34. The maximum atomic E-state index is 12.2. The van der Waals surface area contributed by atoms with Crippen LogP contribution in [0.4, 0.5) is 13.2 Å². The van der Waals surface area contributed by atoms with Crippen molar-refractivity contribution in [2.75, 3.05) is 6.61 Å². The Morgan fingerprint density at radius 3 is 2.55 bits per heavy atom. The normalized spacial score (nSPS) is 10.6. The van der Waals surface area contributed by atoms with Crippen LogP contribution < -0.4 is 4.74 Å². The van der Waals surface area contributed by atoms with Crippen molar-refractivity contribution >= 4 is 12.3 Å². The molecule has 0 atom stereocenters. The van der Waals surface area contributed by atoms with Crippen molar-refractivity contribution in [1.82, 2.24) is 0 Å². The molecule has 0 spiro atoms. The van der Waals surface area contributed by atoms with Gasteiger partial charge in [0.15, 0.2) is 6.29 Å². The second kappa shape index (κ2) is 6.06. The summed E-state index contributed by atoms with van der Waals surface area (Å²) in [6, 6.07) is 3.34. The molecule has 0 aliphatic rings. The Hall–Kier alpha value is -2.56. The Balaban J connectivity index is 3.45. The van der Waals surface area contributed by atoms with Gasteiger partial charge >= 0.3 is 12.3 Å². The average molecular weight is 287 g/mol. The summed E-state index contributed by atoms with van der Waals surface area (Å²) in [4.78, 5) is 22.6. The predicted octanol–water partition coefficient (Wildman–Crippen LogP) is 2.45. The highest BCUT2D eigenvalue weighted by Gasteiger charge is 2.33. The summed E-state index contributed by atoms with van der Waals surface area (Å²) in [6.45, 7) is 1.41. The van der Waals surface area contributed by atoms with Gasteiger partial charge in [0, 0.05) is 0 Å². The number of hydrogen-bond donors (Lipinski definition) is 0. The van der Waals surface area contributed by atoms with Crippen LogP contribution in [0.1, 0.15) is 33.2 Å². The molecule has 0 unspecified atom stereocenters. The van der Waals surface area contributed by atoms with E-state index in [2.05, 4.69) is 9.47 Å². The Kier molecular flexibility index (Phi) is 4.69. The zero-order valence-electron chi connectivity index (χ0n) is 10.2. The molecule has 0 radical (unpaired) electrons. The number of carbonyl (C=O) groups is 2. The summed E-state index contributed by atoms with van der Waals surface area (Å²) < 4.78 is 44.9. The van der Waals surface area contributed by atoms with E-state index in [4.69, 9.17) is 5.26 Å². The zero-order chi connectivity index (χ0) is 15.3. The van der Waals surface area contributed by atoms with Crippen LogP contribution in [0.5, 0.6) is 5.75 Å². The number of nitrogens with zero attached hydrogens (tertiary/aromatic N) is 1. The van der Waals surface area contributed by atoms with Crippen molar-refractivity contribution in [3.63, 3.8) is 0 Å². The number of ether oxygens (including phenoxy) is 2. The van der Waals surface area contributed by atoms with Crippen molar-refractivity contribution in [1.29, 1.82) is 5.26 Å². The maximum absolute atomic E-state index is 12.2. The van der Waals surface area contributed by atoms with E-state index >= 15 is 0 Å². The number of halogens is 3. The molecule has 1 aromatic carbocycles. The van der Waals surface area contributed by atoms with E-state index in [1.165, 1.54) is 6.92 Å². The largest absolute Gasteiger partial charge is 0.573 e. The highest BCUT2D eigenvalue weighted by Crippen LogP contribution is 2.29. The number of aldehydes is 1. The van der Waals surface area contributed by atoms with Crippen molar-refractivity contribution in [3.05, 3.63) is 28.8 Å². The Labute approximate surface area is 111 Å². The molecule has 0 amide bonds. The number of carbonyl (C=O) groups excluding carboxylic acids is 2. The Morgan fingerprint density at radius 1 is 1.45 bits per heavy atom. The van der Waals surface area contributed by atoms with Crippen LogP contribution in [-0.4, -0.2) is 25.2 Å². The van der Waals surface area contributed by atoms with Crippen LogP contribution in [0.2, 0.25) is 0 Å². The van der Waals surface area contributed by atoms with Gasteiger partial charge in [-0.15, -0.1) is 13.2 Å². The molecule has 0 aliphatic heterocycles. The lowest BCUT2D eigenvalue weighted by Crippen LogP contribution is -2.20. The molecule has 5 nitrogen and oxygen atoms in total. The second-order valence-electron chi connectivity index (χ2n) is 3.40. The molecule has 0 bridgehead atoms. The fourth-order valence-electron chi connectivity index (χ4n) is 1.45. The van der Waals surface area contributed by atoms with Crippen LogP contribution in [0.15, 0.2) is 12.1 Å². The summed E-state index contributed by atoms with van der Waals surface area (Å²) in [5, 5.41) is 8.84. The Bertz CT molecular complexity index is 575. The van der Waals surface area contributed by atoms with Gasteiger partial charge in [-0.25, -0.2) is 4.79 Å². The summed E-state index contributed by atoms with van der Waals surface area (Å²) in [5.41, 5.74) is -1.51. The fraction of sp³-hybridized carbons (Fsp3) is 0.250. The molecule has 106 valence electrons. The van der Waals surface area contributed by atoms with Crippen molar-refractivity contribution < 1.29 is 32.2 Å². The molecule has 8 heteroatoms. The third-order valence-corrected chi connectivity index (χ3v) is 2.15. The number of alkyl halides is 3. The van der Waals surface area contributed by atoms with Gasteiger partial charge in [0.1, 0.15) is 11.8 Å². The van der Waals surface area contributed by atoms with Gasteiger partial charge in [-0.05, 0) is 19.1 Å². The topological polar surface area (TPSA) is 76.4 Å². The van der Waals surface area contributed by atoms with Gasteiger partial charge in [0.2, 0.25) is 0 Å². The predicted molar refractivity (Wildman–Crippen MR) is 59.2 cm³/mol. The first kappa shape index (κ1) is 15.5. The Morgan fingerprint density at radius 2 is 2.10 bits per heavy atom. The summed E-state index contributed by atoms with van der Waals surface area (Å²) in [6.07, 6.45) is -5.02. The summed E-state index contributed by atoms with van der Waals surface area (Å²) in [7, 11) is 0. The van der Waals surface area contributed by atoms with E-state index in [1.807, 2.05) is 0 Å². The van der Waals surface area contributed by atoms with Gasteiger partial charge in [-0.3, -0.25) is 4.79 Å². The third kappa shape index (κ3) is 3.47.